The average molecular weight is 257 g/mol. The zero-order valence-electron chi connectivity index (χ0n) is 11.8. The summed E-state index contributed by atoms with van der Waals surface area (Å²) >= 11 is 0. The molecule has 2 heteroatoms. The van der Waals surface area contributed by atoms with Gasteiger partial charge in [0.15, 0.2) is 0 Å². The minimum Gasteiger partial charge on any atom is -0.299 e. The highest BCUT2D eigenvalue weighted by Gasteiger charge is 2.47. The van der Waals surface area contributed by atoms with Crippen LogP contribution < -0.4 is 0 Å². The molecule has 0 unspecified atom stereocenters. The van der Waals surface area contributed by atoms with E-state index in [4.69, 9.17) is 0 Å². The number of Topliss-reactive ketones (excluding diaryl/α,β-unsaturated/α-hetero) is 1. The largest absolute Gasteiger partial charge is 0.299 e. The second-order valence-electron chi connectivity index (χ2n) is 6.31. The highest BCUT2D eigenvalue weighted by Crippen LogP contribution is 2.43. The third-order valence-electron chi connectivity index (χ3n) is 5.06. The lowest BCUT2D eigenvalue weighted by Crippen LogP contribution is -2.56. The summed E-state index contributed by atoms with van der Waals surface area (Å²) in [5.74, 6) is 0.501. The van der Waals surface area contributed by atoms with Crippen molar-refractivity contribution in [1.29, 1.82) is 0 Å². The van der Waals surface area contributed by atoms with Gasteiger partial charge in [-0.1, -0.05) is 37.3 Å². The Morgan fingerprint density at radius 2 is 2.05 bits per heavy atom. The van der Waals surface area contributed by atoms with Gasteiger partial charge in [-0.05, 0) is 37.8 Å². The zero-order valence-corrected chi connectivity index (χ0v) is 11.8. The normalized spacial score (nSPS) is 32.1. The highest BCUT2D eigenvalue weighted by molar-refractivity contribution is 5.86. The molecule has 3 rings (SSSR count). The van der Waals surface area contributed by atoms with Gasteiger partial charge in [-0.25, -0.2) is 0 Å². The molecule has 19 heavy (non-hydrogen) atoms. The van der Waals surface area contributed by atoms with Crippen molar-refractivity contribution in [3.8, 4) is 0 Å². The monoisotopic (exact) mass is 257 g/mol. The first-order chi connectivity index (χ1) is 9.20. The molecule has 0 N–H and O–H groups in total. The standard InChI is InChI=1S/C17H23NO/c1-17-11-6-12-18(13-14-7-3-2-4-8-14)15(17)9-5-10-16(17)19/h2-4,7-8,15H,5-6,9-13H2,1H3/t15-,17+/m1/s1. The van der Waals surface area contributed by atoms with Gasteiger partial charge in [-0.2, -0.15) is 0 Å². The quantitative estimate of drug-likeness (QED) is 0.809. The molecule has 1 aromatic carbocycles. The van der Waals surface area contributed by atoms with Crippen LogP contribution in [0.5, 0.6) is 0 Å². The Morgan fingerprint density at radius 1 is 1.26 bits per heavy atom. The summed E-state index contributed by atoms with van der Waals surface area (Å²) in [4.78, 5) is 14.9. The van der Waals surface area contributed by atoms with Gasteiger partial charge in [-0.3, -0.25) is 9.69 Å². The van der Waals surface area contributed by atoms with Crippen LogP contribution in [0.4, 0.5) is 0 Å². The molecule has 0 radical (unpaired) electrons. The fraction of sp³-hybridized carbons (Fsp3) is 0.588. The molecule has 1 saturated heterocycles. The summed E-state index contributed by atoms with van der Waals surface area (Å²) < 4.78 is 0. The number of rotatable bonds is 2. The van der Waals surface area contributed by atoms with Crippen molar-refractivity contribution in [3.63, 3.8) is 0 Å². The van der Waals surface area contributed by atoms with Crippen LogP contribution >= 0.6 is 0 Å². The summed E-state index contributed by atoms with van der Waals surface area (Å²) in [7, 11) is 0. The van der Waals surface area contributed by atoms with Gasteiger partial charge in [0.05, 0.1) is 0 Å². The summed E-state index contributed by atoms with van der Waals surface area (Å²) in [6.07, 6.45) is 5.30. The van der Waals surface area contributed by atoms with Crippen LogP contribution in [0.1, 0.15) is 44.6 Å². The number of fused-ring (bicyclic) bond motifs is 1. The Hall–Kier alpha value is -1.15. The van der Waals surface area contributed by atoms with Gasteiger partial charge in [0.25, 0.3) is 0 Å². The lowest BCUT2D eigenvalue weighted by Gasteiger charge is -2.50. The van der Waals surface area contributed by atoms with Crippen LogP contribution in [0, 0.1) is 5.41 Å². The van der Waals surface area contributed by atoms with Gasteiger partial charge in [0.1, 0.15) is 5.78 Å². The van der Waals surface area contributed by atoms with Crippen LogP contribution in [-0.4, -0.2) is 23.3 Å². The van der Waals surface area contributed by atoms with Gasteiger partial charge in [0.2, 0.25) is 0 Å². The van der Waals surface area contributed by atoms with E-state index in [1.54, 1.807) is 0 Å². The summed E-state index contributed by atoms with van der Waals surface area (Å²) in [5, 5.41) is 0. The minimum atomic E-state index is -0.0781. The predicted octanol–water partition coefficient (Wildman–Crippen LogP) is 3.41. The van der Waals surface area contributed by atoms with E-state index in [-0.39, 0.29) is 5.41 Å². The van der Waals surface area contributed by atoms with E-state index in [2.05, 4.69) is 42.2 Å². The molecule has 1 aromatic rings. The van der Waals surface area contributed by atoms with E-state index in [0.717, 1.165) is 38.8 Å². The average Bonchev–Trinajstić information content (AvgIpc) is 2.42. The SMILES string of the molecule is C[C@]12CCCN(Cc3ccccc3)[C@@H]1CCCC2=O. The highest BCUT2D eigenvalue weighted by atomic mass is 16.1. The molecule has 2 nitrogen and oxygen atoms in total. The summed E-state index contributed by atoms with van der Waals surface area (Å²) in [5.41, 5.74) is 1.29. The first-order valence-corrected chi connectivity index (χ1v) is 7.51. The number of likely N-dealkylation sites (tertiary alicyclic amines) is 1. The van der Waals surface area contributed by atoms with Crippen LogP contribution in [0.15, 0.2) is 30.3 Å². The first kappa shape index (κ1) is 12.9. The Bertz CT molecular complexity index is 456. The van der Waals surface area contributed by atoms with Crippen molar-refractivity contribution in [3.05, 3.63) is 35.9 Å². The van der Waals surface area contributed by atoms with E-state index in [9.17, 15) is 4.79 Å². The number of benzene rings is 1. The molecule has 0 amide bonds. The topological polar surface area (TPSA) is 20.3 Å². The summed E-state index contributed by atoms with van der Waals surface area (Å²) in [6.45, 7) is 4.34. The van der Waals surface area contributed by atoms with Gasteiger partial charge < -0.3 is 0 Å². The van der Waals surface area contributed by atoms with E-state index >= 15 is 0 Å². The first-order valence-electron chi connectivity index (χ1n) is 7.51. The van der Waals surface area contributed by atoms with Crippen molar-refractivity contribution in [2.75, 3.05) is 6.54 Å². The minimum absolute atomic E-state index is 0.0781. The second kappa shape index (κ2) is 5.09. The third-order valence-corrected chi connectivity index (χ3v) is 5.06. The third kappa shape index (κ3) is 2.34. The van der Waals surface area contributed by atoms with Gasteiger partial charge >= 0.3 is 0 Å². The molecular weight excluding hydrogens is 234 g/mol. The number of carbonyl (C=O) groups excluding carboxylic acids is 1. The molecular formula is C17H23NO. The maximum atomic E-state index is 12.3. The van der Waals surface area contributed by atoms with Crippen LogP contribution in [-0.2, 0) is 11.3 Å². The zero-order chi connectivity index (χ0) is 13.3. The fourth-order valence-electron chi connectivity index (χ4n) is 3.95. The molecule has 0 spiro atoms. The number of hydrogen-bond acceptors (Lipinski definition) is 2. The fourth-order valence-corrected chi connectivity index (χ4v) is 3.95. The second-order valence-corrected chi connectivity index (χ2v) is 6.31. The Kier molecular flexibility index (Phi) is 3.44. The van der Waals surface area contributed by atoms with E-state index in [1.807, 2.05) is 0 Å². The van der Waals surface area contributed by atoms with Crippen molar-refractivity contribution >= 4 is 5.78 Å². The Balaban J connectivity index is 1.80. The maximum Gasteiger partial charge on any atom is 0.140 e. The van der Waals surface area contributed by atoms with E-state index in [0.29, 0.717) is 11.8 Å². The van der Waals surface area contributed by atoms with Gasteiger partial charge in [-0.15, -0.1) is 0 Å². The lowest BCUT2D eigenvalue weighted by atomic mass is 9.65. The van der Waals surface area contributed by atoms with Crippen molar-refractivity contribution in [1.82, 2.24) is 4.90 Å². The number of piperidine rings is 1. The van der Waals surface area contributed by atoms with E-state index < -0.39 is 0 Å². The number of nitrogens with zero attached hydrogens (tertiary/aromatic N) is 1. The van der Waals surface area contributed by atoms with Crippen molar-refractivity contribution < 1.29 is 4.79 Å². The van der Waals surface area contributed by atoms with Crippen molar-refractivity contribution in [2.45, 2.75) is 51.6 Å². The molecule has 2 fully saturated rings. The van der Waals surface area contributed by atoms with Crippen LogP contribution in [0.3, 0.4) is 0 Å². The maximum absolute atomic E-state index is 12.3. The molecule has 2 aliphatic rings. The van der Waals surface area contributed by atoms with E-state index in [1.165, 1.54) is 12.0 Å². The van der Waals surface area contributed by atoms with Crippen LogP contribution in [0.2, 0.25) is 0 Å². The number of ketones is 1. The molecule has 0 aromatic heterocycles. The Labute approximate surface area is 115 Å². The molecule has 1 aliphatic carbocycles. The molecule has 0 bridgehead atoms. The molecule has 1 saturated carbocycles. The van der Waals surface area contributed by atoms with Crippen molar-refractivity contribution in [2.24, 2.45) is 5.41 Å². The molecule has 2 atom stereocenters. The Morgan fingerprint density at radius 3 is 2.84 bits per heavy atom. The number of hydrogen-bond donors (Lipinski definition) is 0. The molecule has 1 heterocycles. The summed E-state index contributed by atoms with van der Waals surface area (Å²) in [6, 6.07) is 11.1. The molecule has 1 aliphatic heterocycles. The lowest BCUT2D eigenvalue weighted by molar-refractivity contribution is -0.139. The predicted molar refractivity (Wildman–Crippen MR) is 76.8 cm³/mol. The number of carbonyl (C=O) groups is 1. The smallest absolute Gasteiger partial charge is 0.140 e. The van der Waals surface area contributed by atoms with Crippen LogP contribution in [0.25, 0.3) is 0 Å². The van der Waals surface area contributed by atoms with Gasteiger partial charge in [0, 0.05) is 24.4 Å². The molecule has 102 valence electrons.